The average Bonchev–Trinajstić information content (AvgIpc) is 3.45. The third-order valence-corrected chi connectivity index (χ3v) is 6.33. The minimum atomic E-state index is -0.548. The van der Waals surface area contributed by atoms with E-state index in [1.165, 1.54) is 6.07 Å². The van der Waals surface area contributed by atoms with Gasteiger partial charge in [0.15, 0.2) is 0 Å². The number of carbonyl (C=O) groups excluding carboxylic acids is 1. The van der Waals surface area contributed by atoms with Crippen molar-refractivity contribution in [3.05, 3.63) is 76.6 Å². The van der Waals surface area contributed by atoms with Crippen LogP contribution in [0.4, 0.5) is 10.1 Å². The Morgan fingerprint density at radius 2 is 1.94 bits per heavy atom. The molecule has 1 heterocycles. The highest BCUT2D eigenvalue weighted by atomic mass is 35.5. The number of benzene rings is 3. The third kappa shape index (κ3) is 4.24. The summed E-state index contributed by atoms with van der Waals surface area (Å²) < 4.78 is 20.5. The van der Waals surface area contributed by atoms with Gasteiger partial charge in [0, 0.05) is 16.5 Å². The van der Waals surface area contributed by atoms with E-state index in [1.807, 2.05) is 37.3 Å². The van der Waals surface area contributed by atoms with Gasteiger partial charge in [0.2, 0.25) is 11.7 Å². The fraction of sp³-hybridized carbons (Fsp3) is 0.200. The van der Waals surface area contributed by atoms with E-state index in [-0.39, 0.29) is 23.4 Å². The first kappa shape index (κ1) is 22.0. The highest BCUT2D eigenvalue weighted by Gasteiger charge is 2.44. The van der Waals surface area contributed by atoms with Crippen LogP contribution >= 0.6 is 11.6 Å². The summed E-state index contributed by atoms with van der Waals surface area (Å²) in [5, 5.41) is 17.6. The number of tetrazole rings is 1. The van der Waals surface area contributed by atoms with Gasteiger partial charge in [0.05, 0.1) is 12.8 Å². The normalized spacial score (nSPS) is 16.8. The smallest absolute Gasteiger partial charge is 0.228 e. The van der Waals surface area contributed by atoms with Gasteiger partial charge < -0.3 is 10.1 Å². The molecule has 7 nitrogen and oxygen atoms in total. The van der Waals surface area contributed by atoms with Gasteiger partial charge in [-0.2, -0.15) is 5.21 Å². The Morgan fingerprint density at radius 1 is 1.15 bits per heavy atom. The fourth-order valence-corrected chi connectivity index (χ4v) is 4.33. The zero-order chi connectivity index (χ0) is 23.8. The van der Waals surface area contributed by atoms with Crippen LogP contribution in [-0.2, 0) is 4.79 Å². The van der Waals surface area contributed by atoms with Gasteiger partial charge >= 0.3 is 0 Å². The first-order valence-electron chi connectivity index (χ1n) is 10.7. The Kier molecular flexibility index (Phi) is 5.75. The Balaban J connectivity index is 1.45. The van der Waals surface area contributed by atoms with Crippen molar-refractivity contribution in [3.63, 3.8) is 0 Å². The molecule has 0 radical (unpaired) electrons. The van der Waals surface area contributed by atoms with Crippen LogP contribution in [0.3, 0.4) is 0 Å². The molecule has 1 aliphatic carbocycles. The number of anilines is 1. The van der Waals surface area contributed by atoms with E-state index in [2.05, 4.69) is 25.9 Å². The number of nitrogens with one attached hydrogen (secondary N) is 2. The minimum Gasteiger partial charge on any atom is -0.496 e. The predicted molar refractivity (Wildman–Crippen MR) is 127 cm³/mol. The van der Waals surface area contributed by atoms with Crippen LogP contribution in [0, 0.1) is 18.7 Å². The second-order valence-electron chi connectivity index (χ2n) is 8.29. The first-order chi connectivity index (χ1) is 16.4. The van der Waals surface area contributed by atoms with Crippen molar-refractivity contribution in [1.82, 2.24) is 20.6 Å². The third-order valence-electron chi connectivity index (χ3n) is 6.08. The van der Waals surface area contributed by atoms with Crippen molar-refractivity contribution >= 4 is 23.2 Å². The summed E-state index contributed by atoms with van der Waals surface area (Å²) in [6.07, 6.45) is 0.704. The molecule has 0 spiro atoms. The van der Waals surface area contributed by atoms with Crippen molar-refractivity contribution in [1.29, 1.82) is 0 Å². The first-order valence-corrected chi connectivity index (χ1v) is 11.1. The lowest BCUT2D eigenvalue weighted by Gasteiger charge is -2.14. The number of hydrogen-bond acceptors (Lipinski definition) is 5. The second-order valence-corrected chi connectivity index (χ2v) is 8.72. The topological polar surface area (TPSA) is 92.8 Å². The number of aryl methyl sites for hydroxylation is 1. The van der Waals surface area contributed by atoms with E-state index in [1.54, 1.807) is 25.3 Å². The predicted octanol–water partition coefficient (Wildman–Crippen LogP) is 5.39. The number of H-pyrrole nitrogens is 1. The van der Waals surface area contributed by atoms with E-state index in [0.29, 0.717) is 28.4 Å². The quantitative estimate of drug-likeness (QED) is 0.388. The Bertz CT molecular complexity index is 1360. The van der Waals surface area contributed by atoms with Crippen molar-refractivity contribution in [2.45, 2.75) is 19.3 Å². The van der Waals surface area contributed by atoms with Gasteiger partial charge in [-0.15, -0.1) is 10.2 Å². The number of nitrogens with zero attached hydrogens (tertiary/aromatic N) is 3. The van der Waals surface area contributed by atoms with Gasteiger partial charge in [0.25, 0.3) is 0 Å². The fourth-order valence-electron chi connectivity index (χ4n) is 4.20. The van der Waals surface area contributed by atoms with Crippen LogP contribution in [0.15, 0.2) is 54.6 Å². The number of rotatable bonds is 6. The van der Waals surface area contributed by atoms with E-state index >= 15 is 4.39 Å². The molecular weight excluding hydrogens is 457 g/mol. The molecule has 9 heteroatoms. The molecule has 34 heavy (non-hydrogen) atoms. The van der Waals surface area contributed by atoms with Crippen molar-refractivity contribution in [3.8, 4) is 28.3 Å². The molecular formula is C25H21ClFN5O2. The summed E-state index contributed by atoms with van der Waals surface area (Å²) in [6, 6.07) is 15.9. The molecule has 0 unspecified atom stereocenters. The van der Waals surface area contributed by atoms with Crippen molar-refractivity contribution in [2.75, 3.05) is 12.4 Å². The molecule has 1 amide bonds. The Morgan fingerprint density at radius 3 is 2.62 bits per heavy atom. The average molecular weight is 478 g/mol. The molecule has 2 atom stereocenters. The largest absolute Gasteiger partial charge is 0.496 e. The van der Waals surface area contributed by atoms with Gasteiger partial charge in [-0.25, -0.2) is 4.39 Å². The lowest BCUT2D eigenvalue weighted by atomic mass is 9.96. The lowest BCUT2D eigenvalue weighted by Crippen LogP contribution is -2.16. The van der Waals surface area contributed by atoms with Gasteiger partial charge in [-0.1, -0.05) is 29.8 Å². The standard InChI is InChI=1S/C25H21ClFN5O2/c1-13-9-15(5-8-23(13)34-2)18-11-21(27)22(12-19(18)24-29-31-32-30-24)28-25(33)20-10-17(20)14-3-6-16(26)7-4-14/h3-9,11-12,17,20H,10H2,1-2H3,(H,28,33)(H,29,30,31,32)/t17-,20+/m0/s1. The summed E-state index contributed by atoms with van der Waals surface area (Å²) in [5.41, 5.74) is 3.90. The monoisotopic (exact) mass is 477 g/mol. The molecule has 5 rings (SSSR count). The van der Waals surface area contributed by atoms with E-state index in [4.69, 9.17) is 16.3 Å². The number of aromatic nitrogens is 4. The molecule has 4 aromatic rings. The summed E-state index contributed by atoms with van der Waals surface area (Å²) in [5.74, 6) is 0.119. The SMILES string of the molecule is COc1ccc(-c2cc(F)c(NC(=O)[C@@H]3C[C@H]3c3ccc(Cl)cc3)cc2-c2nn[nH]n2)cc1C. The van der Waals surface area contributed by atoms with E-state index in [0.717, 1.165) is 22.4 Å². The molecule has 2 N–H and O–H groups in total. The number of hydrogen-bond donors (Lipinski definition) is 2. The van der Waals surface area contributed by atoms with Gasteiger partial charge in [0.1, 0.15) is 11.6 Å². The van der Waals surface area contributed by atoms with Crippen LogP contribution in [0.5, 0.6) is 5.75 Å². The maximum absolute atomic E-state index is 15.2. The lowest BCUT2D eigenvalue weighted by molar-refractivity contribution is -0.117. The molecule has 0 saturated heterocycles. The summed E-state index contributed by atoms with van der Waals surface area (Å²) >= 11 is 5.95. The van der Waals surface area contributed by atoms with Crippen LogP contribution in [-0.4, -0.2) is 33.6 Å². The molecule has 1 saturated carbocycles. The molecule has 1 fully saturated rings. The van der Waals surface area contributed by atoms with E-state index < -0.39 is 5.82 Å². The molecule has 0 aliphatic heterocycles. The number of aromatic amines is 1. The van der Waals surface area contributed by atoms with Crippen molar-refractivity contribution in [2.24, 2.45) is 5.92 Å². The van der Waals surface area contributed by atoms with Crippen LogP contribution in [0.25, 0.3) is 22.5 Å². The van der Waals surface area contributed by atoms with Crippen LogP contribution < -0.4 is 10.1 Å². The van der Waals surface area contributed by atoms with Gasteiger partial charge in [-0.3, -0.25) is 4.79 Å². The number of halogens is 2. The van der Waals surface area contributed by atoms with E-state index in [9.17, 15) is 4.79 Å². The number of ether oxygens (including phenoxy) is 1. The minimum absolute atomic E-state index is 0.0699. The summed E-state index contributed by atoms with van der Waals surface area (Å²) in [4.78, 5) is 12.9. The maximum atomic E-state index is 15.2. The zero-order valence-electron chi connectivity index (χ0n) is 18.5. The van der Waals surface area contributed by atoms with Crippen LogP contribution in [0.1, 0.15) is 23.5 Å². The molecule has 0 bridgehead atoms. The maximum Gasteiger partial charge on any atom is 0.228 e. The molecule has 172 valence electrons. The zero-order valence-corrected chi connectivity index (χ0v) is 19.2. The molecule has 1 aliphatic rings. The summed E-state index contributed by atoms with van der Waals surface area (Å²) in [6.45, 7) is 1.91. The Labute approximate surface area is 200 Å². The highest BCUT2D eigenvalue weighted by Crippen LogP contribution is 2.48. The van der Waals surface area contributed by atoms with Gasteiger partial charge in [-0.05, 0) is 83.1 Å². The second kappa shape index (κ2) is 8.87. The highest BCUT2D eigenvalue weighted by molar-refractivity contribution is 6.30. The number of carbonyl (C=O) groups is 1. The number of methoxy groups -OCH3 is 1. The molecule has 1 aromatic heterocycles. The Hall–Kier alpha value is -3.78. The van der Waals surface area contributed by atoms with Crippen LogP contribution in [0.2, 0.25) is 5.02 Å². The van der Waals surface area contributed by atoms with Crippen molar-refractivity contribution < 1.29 is 13.9 Å². The summed E-state index contributed by atoms with van der Waals surface area (Å²) in [7, 11) is 1.60. The number of amides is 1. The molecule has 3 aromatic carbocycles.